The minimum atomic E-state index is -0.768. The molecule has 5 nitrogen and oxygen atoms in total. The molecule has 22 heavy (non-hydrogen) atoms. The second-order valence-corrected chi connectivity index (χ2v) is 5.28. The van der Waals surface area contributed by atoms with Crippen molar-refractivity contribution in [2.75, 3.05) is 25.0 Å². The van der Waals surface area contributed by atoms with Crippen LogP contribution in [0, 0.1) is 11.7 Å². The number of anilines is 1. The van der Waals surface area contributed by atoms with Crippen LogP contribution in [0.15, 0.2) is 24.3 Å². The topological polar surface area (TPSA) is 69.6 Å². The summed E-state index contributed by atoms with van der Waals surface area (Å²) in [6.45, 7) is 1.86. The van der Waals surface area contributed by atoms with E-state index in [9.17, 15) is 14.0 Å². The van der Waals surface area contributed by atoms with E-state index < -0.39 is 5.97 Å². The second kappa shape index (κ2) is 8.70. The van der Waals surface area contributed by atoms with Crippen LogP contribution in [0.5, 0.6) is 0 Å². The van der Waals surface area contributed by atoms with Crippen molar-refractivity contribution in [3.05, 3.63) is 30.1 Å². The predicted molar refractivity (Wildman–Crippen MR) is 83.7 cm³/mol. The summed E-state index contributed by atoms with van der Waals surface area (Å²) in [6, 6.07) is 5.60. The van der Waals surface area contributed by atoms with Crippen molar-refractivity contribution in [2.45, 2.75) is 19.3 Å². The van der Waals surface area contributed by atoms with Crippen molar-refractivity contribution in [1.82, 2.24) is 4.90 Å². The minimum absolute atomic E-state index is 0. The number of carboxylic acids is 1. The molecule has 1 heterocycles. The number of hydrogen-bond donors (Lipinski definition) is 2. The van der Waals surface area contributed by atoms with Crippen LogP contribution in [0.2, 0.25) is 0 Å². The second-order valence-electron chi connectivity index (χ2n) is 5.28. The first-order chi connectivity index (χ1) is 10.0. The molecule has 0 aromatic heterocycles. The lowest BCUT2D eigenvalue weighted by Crippen LogP contribution is -2.40. The van der Waals surface area contributed by atoms with Gasteiger partial charge < -0.3 is 15.3 Å². The maximum absolute atomic E-state index is 12.7. The maximum atomic E-state index is 12.7. The number of halogens is 2. The lowest BCUT2D eigenvalue weighted by atomic mass is 9.98. The Morgan fingerprint density at radius 2 is 2.00 bits per heavy atom. The molecule has 1 aliphatic rings. The van der Waals surface area contributed by atoms with Gasteiger partial charge in [-0.15, -0.1) is 12.4 Å². The Balaban J connectivity index is 0.00000242. The molecule has 1 fully saturated rings. The van der Waals surface area contributed by atoms with Gasteiger partial charge in [0.05, 0.1) is 5.92 Å². The largest absolute Gasteiger partial charge is 0.481 e. The van der Waals surface area contributed by atoms with Gasteiger partial charge in [0.1, 0.15) is 5.82 Å². The van der Waals surface area contributed by atoms with E-state index in [1.165, 1.54) is 24.3 Å². The van der Waals surface area contributed by atoms with Gasteiger partial charge in [-0.3, -0.25) is 9.59 Å². The fourth-order valence-electron chi connectivity index (χ4n) is 2.48. The Hall–Kier alpha value is -1.66. The van der Waals surface area contributed by atoms with Crippen molar-refractivity contribution in [2.24, 2.45) is 5.92 Å². The number of amides is 1. The molecule has 1 unspecified atom stereocenters. The lowest BCUT2D eigenvalue weighted by molar-refractivity contribution is -0.143. The molecule has 2 rings (SSSR count). The Labute approximate surface area is 134 Å². The molecule has 1 saturated heterocycles. The monoisotopic (exact) mass is 330 g/mol. The van der Waals surface area contributed by atoms with Crippen LogP contribution in [0.4, 0.5) is 10.1 Å². The molecule has 0 bridgehead atoms. The van der Waals surface area contributed by atoms with Crippen molar-refractivity contribution in [3.63, 3.8) is 0 Å². The third kappa shape index (κ3) is 5.61. The Bertz CT molecular complexity index is 510. The van der Waals surface area contributed by atoms with E-state index in [2.05, 4.69) is 5.32 Å². The predicted octanol–water partition coefficient (Wildman–Crippen LogP) is 2.37. The highest BCUT2D eigenvalue weighted by Crippen LogP contribution is 2.17. The number of nitrogens with one attached hydrogen (secondary N) is 1. The molecule has 1 atom stereocenters. The highest BCUT2D eigenvalue weighted by atomic mass is 35.5. The van der Waals surface area contributed by atoms with E-state index in [1.54, 1.807) is 0 Å². The summed E-state index contributed by atoms with van der Waals surface area (Å²) < 4.78 is 12.7. The summed E-state index contributed by atoms with van der Waals surface area (Å²) in [5.74, 6) is -1.60. The van der Waals surface area contributed by atoms with Crippen LogP contribution in [0.3, 0.4) is 0 Å². The van der Waals surface area contributed by atoms with E-state index in [0.717, 1.165) is 13.0 Å². The van der Waals surface area contributed by atoms with Gasteiger partial charge in [0, 0.05) is 25.2 Å². The Morgan fingerprint density at radius 3 is 2.64 bits per heavy atom. The fraction of sp³-hybridized carbons (Fsp3) is 0.467. The molecule has 2 N–H and O–H groups in total. The Kier molecular flexibility index (Phi) is 7.27. The third-order valence-corrected chi connectivity index (χ3v) is 3.64. The van der Waals surface area contributed by atoms with Crippen molar-refractivity contribution in [1.29, 1.82) is 0 Å². The highest BCUT2D eigenvalue weighted by molar-refractivity contribution is 5.90. The van der Waals surface area contributed by atoms with E-state index in [1.807, 2.05) is 4.90 Å². The van der Waals surface area contributed by atoms with E-state index >= 15 is 0 Å². The number of carbonyl (C=O) groups excluding carboxylic acids is 1. The summed E-state index contributed by atoms with van der Waals surface area (Å²) in [4.78, 5) is 24.8. The van der Waals surface area contributed by atoms with Crippen LogP contribution < -0.4 is 5.32 Å². The molecule has 7 heteroatoms. The molecular weight excluding hydrogens is 311 g/mol. The quantitative estimate of drug-likeness (QED) is 0.869. The molecule has 0 radical (unpaired) electrons. The van der Waals surface area contributed by atoms with Gasteiger partial charge >= 0.3 is 5.97 Å². The van der Waals surface area contributed by atoms with E-state index in [4.69, 9.17) is 5.11 Å². The zero-order valence-corrected chi connectivity index (χ0v) is 12.9. The van der Waals surface area contributed by atoms with Gasteiger partial charge in [-0.25, -0.2) is 4.39 Å². The summed E-state index contributed by atoms with van der Waals surface area (Å²) in [5.41, 5.74) is 0.559. The average Bonchev–Trinajstić information content (AvgIpc) is 2.48. The number of rotatable bonds is 5. The molecule has 1 amide bonds. The molecule has 0 aliphatic carbocycles. The first kappa shape index (κ1) is 18.4. The summed E-state index contributed by atoms with van der Waals surface area (Å²) in [5, 5.41) is 11.7. The molecular formula is C15H20ClFN2O3. The maximum Gasteiger partial charge on any atom is 0.307 e. The number of likely N-dealkylation sites (tertiary alicyclic amines) is 1. The number of benzene rings is 1. The van der Waals surface area contributed by atoms with Crippen molar-refractivity contribution in [3.8, 4) is 0 Å². The number of piperidine rings is 1. The fourth-order valence-corrected chi connectivity index (χ4v) is 2.48. The standard InChI is InChI=1S/C15H19FN2O3.ClH/c16-12-3-5-13(6-4-12)17-14(19)7-9-18-8-1-2-11(10-18)15(20)21;/h3-6,11H,1-2,7-10H2,(H,17,19)(H,20,21);1H. The van der Waals surface area contributed by atoms with Crippen LogP contribution in [0.1, 0.15) is 19.3 Å². The summed E-state index contributed by atoms with van der Waals surface area (Å²) in [6.07, 6.45) is 1.84. The molecule has 0 saturated carbocycles. The van der Waals surface area contributed by atoms with Gasteiger partial charge in [0.25, 0.3) is 0 Å². The number of carbonyl (C=O) groups is 2. The zero-order valence-electron chi connectivity index (χ0n) is 12.1. The minimum Gasteiger partial charge on any atom is -0.481 e. The number of carboxylic acid groups (broad SMARTS) is 1. The van der Waals surface area contributed by atoms with Gasteiger partial charge in [0.2, 0.25) is 5.91 Å². The molecule has 1 aromatic carbocycles. The lowest BCUT2D eigenvalue weighted by Gasteiger charge is -2.30. The van der Waals surface area contributed by atoms with Gasteiger partial charge in [-0.05, 0) is 43.7 Å². The van der Waals surface area contributed by atoms with Crippen molar-refractivity contribution < 1.29 is 19.1 Å². The zero-order chi connectivity index (χ0) is 15.2. The van der Waals surface area contributed by atoms with E-state index in [-0.39, 0.29) is 30.0 Å². The van der Waals surface area contributed by atoms with Crippen LogP contribution >= 0.6 is 12.4 Å². The summed E-state index contributed by atoms with van der Waals surface area (Å²) in [7, 11) is 0. The first-order valence-corrected chi connectivity index (χ1v) is 7.05. The molecule has 1 aliphatic heterocycles. The normalized spacial score (nSPS) is 18.3. The smallest absolute Gasteiger partial charge is 0.307 e. The average molecular weight is 331 g/mol. The van der Waals surface area contributed by atoms with Gasteiger partial charge in [0.15, 0.2) is 0 Å². The van der Waals surface area contributed by atoms with Crippen LogP contribution in [-0.4, -0.2) is 41.5 Å². The Morgan fingerprint density at radius 1 is 1.32 bits per heavy atom. The summed E-state index contributed by atoms with van der Waals surface area (Å²) >= 11 is 0. The number of aliphatic carboxylic acids is 1. The van der Waals surface area contributed by atoms with Gasteiger partial charge in [-0.1, -0.05) is 0 Å². The van der Waals surface area contributed by atoms with Crippen LogP contribution in [0.25, 0.3) is 0 Å². The molecule has 1 aromatic rings. The SMILES string of the molecule is Cl.O=C(CCN1CCCC(C(=O)O)C1)Nc1ccc(F)cc1. The first-order valence-electron chi connectivity index (χ1n) is 7.05. The van der Waals surface area contributed by atoms with Crippen molar-refractivity contribution >= 4 is 30.0 Å². The molecule has 0 spiro atoms. The number of hydrogen-bond acceptors (Lipinski definition) is 3. The van der Waals surface area contributed by atoms with E-state index in [0.29, 0.717) is 31.6 Å². The highest BCUT2D eigenvalue weighted by Gasteiger charge is 2.25. The molecule has 122 valence electrons. The third-order valence-electron chi connectivity index (χ3n) is 3.64. The van der Waals surface area contributed by atoms with Crippen LogP contribution in [-0.2, 0) is 9.59 Å². The number of nitrogens with zero attached hydrogens (tertiary/aromatic N) is 1. The van der Waals surface area contributed by atoms with Gasteiger partial charge in [-0.2, -0.15) is 0 Å².